The van der Waals surface area contributed by atoms with Gasteiger partial charge in [-0.15, -0.1) is 0 Å². The quantitative estimate of drug-likeness (QED) is 0.531. The highest BCUT2D eigenvalue weighted by Gasteiger charge is 2.28. The molecule has 1 amide bonds. The summed E-state index contributed by atoms with van der Waals surface area (Å²) < 4.78 is 10.8. The van der Waals surface area contributed by atoms with E-state index in [1.165, 1.54) is 0 Å². The molecule has 1 aromatic heterocycles. The van der Waals surface area contributed by atoms with Gasteiger partial charge < -0.3 is 14.2 Å². The summed E-state index contributed by atoms with van der Waals surface area (Å²) in [4.78, 5) is 21.5. The lowest BCUT2D eigenvalue weighted by molar-refractivity contribution is -0.136. The van der Waals surface area contributed by atoms with Crippen molar-refractivity contribution in [3.8, 4) is 17.1 Å². The maximum absolute atomic E-state index is 13.0. The van der Waals surface area contributed by atoms with Gasteiger partial charge in [0.05, 0.1) is 13.7 Å². The summed E-state index contributed by atoms with van der Waals surface area (Å²) in [5.41, 5.74) is 1.88. The Morgan fingerprint density at radius 3 is 2.62 bits per heavy atom. The van der Waals surface area contributed by atoms with E-state index in [2.05, 4.69) is 15.0 Å². The fraction of sp³-hybridized carbons (Fsp3) is 0.375. The van der Waals surface area contributed by atoms with E-state index in [0.717, 1.165) is 42.8 Å². The highest BCUT2D eigenvalue weighted by Crippen LogP contribution is 2.24. The summed E-state index contributed by atoms with van der Waals surface area (Å²) in [6, 6.07) is 15.2. The first kappa shape index (κ1) is 22.3. The Morgan fingerprint density at radius 2 is 1.91 bits per heavy atom. The molecule has 1 aliphatic heterocycles. The van der Waals surface area contributed by atoms with Gasteiger partial charge in [0.1, 0.15) is 5.75 Å². The van der Waals surface area contributed by atoms with E-state index in [0.29, 0.717) is 29.8 Å². The van der Waals surface area contributed by atoms with E-state index in [4.69, 9.17) is 20.9 Å². The van der Waals surface area contributed by atoms with Crippen LogP contribution in [0.1, 0.15) is 24.3 Å². The van der Waals surface area contributed by atoms with E-state index >= 15 is 0 Å². The molecular formula is C24H27ClN4O3. The van der Waals surface area contributed by atoms with Crippen molar-refractivity contribution in [3.05, 3.63) is 65.0 Å². The minimum Gasteiger partial charge on any atom is -0.496 e. The summed E-state index contributed by atoms with van der Waals surface area (Å²) in [5, 5.41) is 4.74. The van der Waals surface area contributed by atoms with Gasteiger partial charge in [-0.1, -0.05) is 35.0 Å². The molecule has 8 heteroatoms. The Bertz CT molecular complexity index is 1050. The highest BCUT2D eigenvalue weighted by molar-refractivity contribution is 6.30. The average molecular weight is 455 g/mol. The van der Waals surface area contributed by atoms with E-state index in [9.17, 15) is 4.79 Å². The van der Waals surface area contributed by atoms with Crippen LogP contribution in [-0.4, -0.2) is 53.1 Å². The molecule has 0 radical (unpaired) electrons. The molecule has 1 fully saturated rings. The molecule has 0 atom stereocenters. The zero-order valence-corrected chi connectivity index (χ0v) is 19.1. The highest BCUT2D eigenvalue weighted by atomic mass is 35.5. The predicted octanol–water partition coefficient (Wildman–Crippen LogP) is 4.27. The van der Waals surface area contributed by atoms with Crippen LogP contribution in [0.4, 0.5) is 0 Å². The number of rotatable bonds is 7. The van der Waals surface area contributed by atoms with Gasteiger partial charge in [0.25, 0.3) is 0 Å². The van der Waals surface area contributed by atoms with Crippen LogP contribution in [0.15, 0.2) is 53.1 Å². The lowest BCUT2D eigenvalue weighted by Gasteiger charge is -2.32. The maximum Gasteiger partial charge on any atom is 0.241 e. The van der Waals surface area contributed by atoms with Crippen molar-refractivity contribution in [2.45, 2.75) is 25.9 Å². The molecule has 32 heavy (non-hydrogen) atoms. The Balaban J connectivity index is 1.28. The van der Waals surface area contributed by atoms with Gasteiger partial charge in [-0.25, -0.2) is 0 Å². The van der Waals surface area contributed by atoms with Gasteiger partial charge in [-0.05, 0) is 56.3 Å². The predicted molar refractivity (Wildman–Crippen MR) is 122 cm³/mol. The van der Waals surface area contributed by atoms with Gasteiger partial charge in [0.15, 0.2) is 0 Å². The fourth-order valence-corrected chi connectivity index (χ4v) is 4.17. The van der Waals surface area contributed by atoms with Crippen molar-refractivity contribution >= 4 is 17.5 Å². The maximum atomic E-state index is 13.0. The molecule has 0 N–H and O–H groups in total. The van der Waals surface area contributed by atoms with Crippen LogP contribution in [0.25, 0.3) is 11.4 Å². The minimum atomic E-state index is 0.0262. The summed E-state index contributed by atoms with van der Waals surface area (Å²) in [5.74, 6) is 2.14. The smallest absolute Gasteiger partial charge is 0.241 e. The number of hydrogen-bond acceptors (Lipinski definition) is 6. The second-order valence-electron chi connectivity index (χ2n) is 8.08. The molecule has 0 bridgehead atoms. The van der Waals surface area contributed by atoms with Gasteiger partial charge in [-0.3, -0.25) is 9.69 Å². The first-order valence-electron chi connectivity index (χ1n) is 10.7. The topological polar surface area (TPSA) is 71.7 Å². The van der Waals surface area contributed by atoms with Crippen LogP contribution in [0.2, 0.25) is 5.02 Å². The first-order chi connectivity index (χ1) is 15.5. The van der Waals surface area contributed by atoms with Gasteiger partial charge >= 0.3 is 0 Å². The lowest BCUT2D eigenvalue weighted by atomic mass is 9.95. The Morgan fingerprint density at radius 1 is 1.19 bits per heavy atom. The number of halogens is 1. The number of amides is 1. The minimum absolute atomic E-state index is 0.0262. The summed E-state index contributed by atoms with van der Waals surface area (Å²) in [7, 11) is 3.51. The second-order valence-corrected chi connectivity index (χ2v) is 8.51. The van der Waals surface area contributed by atoms with Crippen molar-refractivity contribution < 1.29 is 14.1 Å². The zero-order chi connectivity index (χ0) is 22.5. The number of ether oxygens (including phenoxy) is 1. The summed E-state index contributed by atoms with van der Waals surface area (Å²) >= 11 is 5.94. The van der Waals surface area contributed by atoms with Crippen LogP contribution >= 0.6 is 11.6 Å². The zero-order valence-electron chi connectivity index (χ0n) is 18.3. The number of benzene rings is 2. The van der Waals surface area contributed by atoms with Crippen molar-refractivity contribution in [1.82, 2.24) is 19.9 Å². The number of carbonyl (C=O) groups excluding carboxylic acids is 1. The molecule has 3 aromatic rings. The molecule has 0 spiro atoms. The van der Waals surface area contributed by atoms with Crippen molar-refractivity contribution in [1.29, 1.82) is 0 Å². The van der Waals surface area contributed by atoms with Gasteiger partial charge in [0.2, 0.25) is 17.6 Å². The number of methoxy groups -OCH3 is 1. The van der Waals surface area contributed by atoms with Gasteiger partial charge in [0, 0.05) is 35.7 Å². The standard InChI is InChI=1S/C24H27ClN4O3/c1-28(15-19-5-3-4-6-21(19)31-2)24(30)18-11-13-29(14-12-18)16-22-26-23(27-32-22)17-7-9-20(25)10-8-17/h3-10,18H,11-16H2,1-2H3. The molecule has 0 saturated carbocycles. The Kier molecular flexibility index (Phi) is 7.07. The van der Waals surface area contributed by atoms with E-state index < -0.39 is 0 Å². The Labute approximate surface area is 192 Å². The normalized spacial score (nSPS) is 15.0. The third-order valence-corrected chi connectivity index (χ3v) is 6.09. The van der Waals surface area contributed by atoms with Crippen LogP contribution in [0.5, 0.6) is 5.75 Å². The number of carbonyl (C=O) groups is 1. The second kappa shape index (κ2) is 10.1. The first-order valence-corrected chi connectivity index (χ1v) is 11.1. The van der Waals surface area contributed by atoms with Crippen molar-refractivity contribution in [3.63, 3.8) is 0 Å². The van der Waals surface area contributed by atoms with Crippen molar-refractivity contribution in [2.24, 2.45) is 5.92 Å². The van der Waals surface area contributed by atoms with E-state index in [-0.39, 0.29) is 11.8 Å². The number of piperidine rings is 1. The summed E-state index contributed by atoms with van der Waals surface area (Å²) in [6.07, 6.45) is 1.63. The van der Waals surface area contributed by atoms with Gasteiger partial charge in [-0.2, -0.15) is 4.98 Å². The van der Waals surface area contributed by atoms with Crippen LogP contribution in [-0.2, 0) is 17.9 Å². The molecule has 4 rings (SSSR count). The fourth-order valence-electron chi connectivity index (χ4n) is 4.04. The SMILES string of the molecule is COc1ccccc1CN(C)C(=O)C1CCN(Cc2nc(-c3ccc(Cl)cc3)no2)CC1. The average Bonchev–Trinajstić information content (AvgIpc) is 3.28. The van der Waals surface area contributed by atoms with Crippen LogP contribution < -0.4 is 4.74 Å². The number of aromatic nitrogens is 2. The molecule has 0 aliphatic carbocycles. The molecule has 1 saturated heterocycles. The molecule has 2 heterocycles. The lowest BCUT2D eigenvalue weighted by Crippen LogP contribution is -2.40. The summed E-state index contributed by atoms with van der Waals surface area (Å²) in [6.45, 7) is 2.76. The molecule has 168 valence electrons. The number of likely N-dealkylation sites (tertiary alicyclic amines) is 1. The van der Waals surface area contributed by atoms with Crippen LogP contribution in [0, 0.1) is 5.92 Å². The number of para-hydroxylation sites is 1. The van der Waals surface area contributed by atoms with E-state index in [1.807, 2.05) is 43.4 Å². The molecule has 2 aromatic carbocycles. The molecular weight excluding hydrogens is 428 g/mol. The van der Waals surface area contributed by atoms with Crippen LogP contribution in [0.3, 0.4) is 0 Å². The third kappa shape index (κ3) is 5.29. The number of hydrogen-bond donors (Lipinski definition) is 0. The molecule has 1 aliphatic rings. The molecule has 7 nitrogen and oxygen atoms in total. The number of nitrogens with zero attached hydrogens (tertiary/aromatic N) is 4. The van der Waals surface area contributed by atoms with E-state index in [1.54, 1.807) is 24.1 Å². The molecule has 0 unspecified atom stereocenters. The van der Waals surface area contributed by atoms with Crippen molar-refractivity contribution in [2.75, 3.05) is 27.2 Å². The Hall–Kier alpha value is -2.90. The monoisotopic (exact) mass is 454 g/mol. The third-order valence-electron chi connectivity index (χ3n) is 5.84. The largest absolute Gasteiger partial charge is 0.496 e.